The van der Waals surface area contributed by atoms with Crippen molar-refractivity contribution in [3.8, 4) is 0 Å². The van der Waals surface area contributed by atoms with Crippen LogP contribution in [0.15, 0.2) is 6.07 Å². The molecule has 1 unspecified atom stereocenters. The van der Waals surface area contributed by atoms with E-state index in [1.807, 2.05) is 34.7 Å². The Morgan fingerprint density at radius 2 is 1.90 bits per heavy atom. The number of nitrogens with one attached hydrogen (secondary N) is 3. The minimum Gasteiger partial charge on any atom is -0.373 e. The molecular formula is C14H25N5O. The van der Waals surface area contributed by atoms with Crippen LogP contribution in [-0.4, -0.2) is 35.5 Å². The van der Waals surface area contributed by atoms with Gasteiger partial charge in [-0.2, -0.15) is 0 Å². The molecule has 0 aromatic carbocycles. The van der Waals surface area contributed by atoms with E-state index >= 15 is 0 Å². The molecule has 0 aliphatic heterocycles. The maximum absolute atomic E-state index is 11.8. The van der Waals surface area contributed by atoms with Crippen LogP contribution in [0.25, 0.3) is 0 Å². The minimum absolute atomic E-state index is 0.0254. The number of hydrogen-bond donors (Lipinski definition) is 3. The van der Waals surface area contributed by atoms with Crippen LogP contribution >= 0.6 is 0 Å². The number of aromatic nitrogens is 2. The second kappa shape index (κ2) is 7.67. The fourth-order valence-corrected chi connectivity index (χ4v) is 1.61. The van der Waals surface area contributed by atoms with E-state index in [0.717, 1.165) is 18.1 Å². The highest BCUT2D eigenvalue weighted by Crippen LogP contribution is 2.17. The molecular weight excluding hydrogens is 254 g/mol. The lowest BCUT2D eigenvalue weighted by Crippen LogP contribution is -2.38. The van der Waals surface area contributed by atoms with Gasteiger partial charge in [0.15, 0.2) is 0 Å². The van der Waals surface area contributed by atoms with Crippen LogP contribution in [-0.2, 0) is 4.79 Å². The van der Waals surface area contributed by atoms with Crippen molar-refractivity contribution in [1.29, 1.82) is 0 Å². The average molecular weight is 279 g/mol. The Morgan fingerprint density at radius 1 is 1.25 bits per heavy atom. The summed E-state index contributed by atoms with van der Waals surface area (Å²) in [4.78, 5) is 20.7. The molecule has 3 N–H and O–H groups in total. The first kappa shape index (κ1) is 16.2. The zero-order valence-corrected chi connectivity index (χ0v) is 12.9. The standard InChI is InChI=1S/C14H25N5O/c1-6-7-16-14(20)10(4)17-12-8-11(15-5)18-13(19-12)9(2)3/h8-10H,6-7H2,1-5H3,(H,16,20)(H2,15,17,18,19). The molecule has 20 heavy (non-hydrogen) atoms. The summed E-state index contributed by atoms with van der Waals surface area (Å²) >= 11 is 0. The van der Waals surface area contributed by atoms with Gasteiger partial charge in [-0.3, -0.25) is 4.79 Å². The third kappa shape index (κ3) is 4.68. The van der Waals surface area contributed by atoms with Crippen molar-refractivity contribution in [3.05, 3.63) is 11.9 Å². The average Bonchev–Trinajstić information content (AvgIpc) is 2.43. The first-order valence-corrected chi connectivity index (χ1v) is 7.08. The van der Waals surface area contributed by atoms with Gasteiger partial charge in [-0.1, -0.05) is 20.8 Å². The van der Waals surface area contributed by atoms with Crippen LogP contribution < -0.4 is 16.0 Å². The van der Waals surface area contributed by atoms with Crippen molar-refractivity contribution in [3.63, 3.8) is 0 Å². The molecule has 112 valence electrons. The molecule has 1 atom stereocenters. The van der Waals surface area contributed by atoms with Gasteiger partial charge in [0.1, 0.15) is 23.5 Å². The first-order chi connectivity index (χ1) is 9.47. The molecule has 0 saturated carbocycles. The maximum atomic E-state index is 11.8. The van der Waals surface area contributed by atoms with E-state index in [2.05, 4.69) is 25.9 Å². The summed E-state index contributed by atoms with van der Waals surface area (Å²) in [6.07, 6.45) is 0.924. The molecule has 1 aromatic heterocycles. The smallest absolute Gasteiger partial charge is 0.242 e. The lowest BCUT2D eigenvalue weighted by molar-refractivity contribution is -0.121. The summed E-state index contributed by atoms with van der Waals surface area (Å²) in [6, 6.07) is 1.47. The molecule has 1 heterocycles. The normalized spacial score (nSPS) is 12.1. The molecule has 6 heteroatoms. The molecule has 0 aliphatic carbocycles. The Labute approximate surface area is 120 Å². The zero-order chi connectivity index (χ0) is 15.1. The summed E-state index contributed by atoms with van der Waals surface area (Å²) < 4.78 is 0. The van der Waals surface area contributed by atoms with Crippen LogP contribution in [0.3, 0.4) is 0 Å². The van der Waals surface area contributed by atoms with E-state index in [1.165, 1.54) is 0 Å². The first-order valence-electron chi connectivity index (χ1n) is 7.08. The molecule has 0 aliphatic rings. The van der Waals surface area contributed by atoms with Gasteiger partial charge in [0.25, 0.3) is 0 Å². The molecule has 1 amide bonds. The van der Waals surface area contributed by atoms with Crippen LogP contribution in [0.4, 0.5) is 11.6 Å². The lowest BCUT2D eigenvalue weighted by Gasteiger charge is -2.16. The Morgan fingerprint density at radius 3 is 2.45 bits per heavy atom. The van der Waals surface area contributed by atoms with Crippen LogP contribution in [0.1, 0.15) is 45.9 Å². The van der Waals surface area contributed by atoms with E-state index in [1.54, 1.807) is 6.07 Å². The van der Waals surface area contributed by atoms with Crippen molar-refractivity contribution in [2.45, 2.75) is 46.1 Å². The van der Waals surface area contributed by atoms with Crippen molar-refractivity contribution >= 4 is 17.5 Å². The number of carbonyl (C=O) groups excluding carboxylic acids is 1. The quantitative estimate of drug-likeness (QED) is 0.711. The van der Waals surface area contributed by atoms with Gasteiger partial charge in [0, 0.05) is 25.6 Å². The van der Waals surface area contributed by atoms with Crippen molar-refractivity contribution < 1.29 is 4.79 Å². The second-order valence-corrected chi connectivity index (χ2v) is 5.06. The molecule has 1 aromatic rings. The van der Waals surface area contributed by atoms with Gasteiger partial charge in [0.05, 0.1) is 0 Å². The predicted molar refractivity (Wildman–Crippen MR) is 82.1 cm³/mol. The Kier molecular flexibility index (Phi) is 6.21. The predicted octanol–water partition coefficient (Wildman–Crippen LogP) is 1.97. The second-order valence-electron chi connectivity index (χ2n) is 5.06. The fourth-order valence-electron chi connectivity index (χ4n) is 1.61. The topological polar surface area (TPSA) is 78.9 Å². The third-order valence-electron chi connectivity index (χ3n) is 2.82. The van der Waals surface area contributed by atoms with E-state index < -0.39 is 0 Å². The molecule has 0 spiro atoms. The van der Waals surface area contributed by atoms with E-state index in [-0.39, 0.29) is 17.9 Å². The highest BCUT2D eigenvalue weighted by molar-refractivity contribution is 5.83. The number of anilines is 2. The summed E-state index contributed by atoms with van der Waals surface area (Å²) in [6.45, 7) is 8.61. The highest BCUT2D eigenvalue weighted by atomic mass is 16.2. The molecule has 1 rings (SSSR count). The number of amides is 1. The lowest BCUT2D eigenvalue weighted by atomic mass is 10.2. The summed E-state index contributed by atoms with van der Waals surface area (Å²) in [5.74, 6) is 2.36. The SMILES string of the molecule is CCCNC(=O)C(C)Nc1cc(NC)nc(C(C)C)n1. The van der Waals surface area contributed by atoms with Crippen LogP contribution in [0.2, 0.25) is 0 Å². The van der Waals surface area contributed by atoms with Gasteiger partial charge < -0.3 is 16.0 Å². The van der Waals surface area contributed by atoms with Gasteiger partial charge in [-0.25, -0.2) is 9.97 Å². The highest BCUT2D eigenvalue weighted by Gasteiger charge is 2.14. The van der Waals surface area contributed by atoms with Crippen molar-refractivity contribution in [1.82, 2.24) is 15.3 Å². The fraction of sp³-hybridized carbons (Fsp3) is 0.643. The molecule has 0 fully saturated rings. The number of hydrogen-bond acceptors (Lipinski definition) is 5. The minimum atomic E-state index is -0.332. The van der Waals surface area contributed by atoms with E-state index in [9.17, 15) is 4.79 Å². The Bertz CT molecular complexity index is 447. The molecule has 0 radical (unpaired) electrons. The van der Waals surface area contributed by atoms with E-state index in [4.69, 9.17) is 0 Å². The van der Waals surface area contributed by atoms with Gasteiger partial charge in [-0.05, 0) is 13.3 Å². The van der Waals surface area contributed by atoms with Crippen molar-refractivity contribution in [2.24, 2.45) is 0 Å². The zero-order valence-electron chi connectivity index (χ0n) is 12.9. The molecule has 6 nitrogen and oxygen atoms in total. The summed E-state index contributed by atoms with van der Waals surface area (Å²) in [5.41, 5.74) is 0. The van der Waals surface area contributed by atoms with Gasteiger partial charge in [0.2, 0.25) is 5.91 Å². The Balaban J connectivity index is 2.80. The molecule has 0 bridgehead atoms. The maximum Gasteiger partial charge on any atom is 0.242 e. The van der Waals surface area contributed by atoms with Gasteiger partial charge in [-0.15, -0.1) is 0 Å². The van der Waals surface area contributed by atoms with Crippen LogP contribution in [0, 0.1) is 0 Å². The van der Waals surface area contributed by atoms with E-state index in [0.29, 0.717) is 12.4 Å². The van der Waals surface area contributed by atoms with Gasteiger partial charge >= 0.3 is 0 Å². The number of rotatable bonds is 7. The monoisotopic (exact) mass is 279 g/mol. The van der Waals surface area contributed by atoms with Crippen molar-refractivity contribution in [2.75, 3.05) is 24.2 Å². The largest absolute Gasteiger partial charge is 0.373 e. The summed E-state index contributed by atoms with van der Waals surface area (Å²) in [7, 11) is 1.81. The van der Waals surface area contributed by atoms with Crippen LogP contribution in [0.5, 0.6) is 0 Å². The third-order valence-corrected chi connectivity index (χ3v) is 2.82. The Hall–Kier alpha value is -1.85. The number of nitrogens with zero attached hydrogens (tertiary/aromatic N) is 2. The molecule has 0 saturated heterocycles. The summed E-state index contributed by atoms with van der Waals surface area (Å²) in [5, 5.41) is 8.98. The number of carbonyl (C=O) groups is 1.